The molecule has 0 atom stereocenters. The van der Waals surface area contributed by atoms with Crippen LogP contribution in [0.15, 0.2) is 82.6 Å². The number of nitrogens with one attached hydrogen (secondary N) is 2. The number of hydrogen-bond donors (Lipinski definition) is 2. The van der Waals surface area contributed by atoms with E-state index < -0.39 is 0 Å². The van der Waals surface area contributed by atoms with E-state index in [0.29, 0.717) is 0 Å². The Labute approximate surface area is 176 Å². The molecule has 2 N–H and O–H groups in total. The first-order valence-corrected chi connectivity index (χ1v) is 10.3. The van der Waals surface area contributed by atoms with E-state index in [1.165, 1.54) is 16.8 Å². The van der Waals surface area contributed by atoms with Gasteiger partial charge in [0.1, 0.15) is 0 Å². The number of carbonyl (C=O) groups excluding carboxylic acids is 1. The van der Waals surface area contributed by atoms with Gasteiger partial charge >= 0.3 is 6.03 Å². The van der Waals surface area contributed by atoms with Crippen molar-refractivity contribution in [2.24, 2.45) is 5.10 Å². The number of morpholine rings is 1. The fourth-order valence-corrected chi connectivity index (χ4v) is 3.77. The Hall–Kier alpha value is -3.38. The van der Waals surface area contributed by atoms with E-state index in [1.54, 1.807) is 6.21 Å². The highest BCUT2D eigenvalue weighted by atomic mass is 16.5. The molecule has 2 amide bonds. The summed E-state index contributed by atoms with van der Waals surface area (Å²) in [6, 6.07) is 19.3. The van der Waals surface area contributed by atoms with Crippen molar-refractivity contribution in [3.63, 3.8) is 0 Å². The van der Waals surface area contributed by atoms with Crippen molar-refractivity contribution in [3.05, 3.63) is 83.1 Å². The van der Waals surface area contributed by atoms with E-state index in [4.69, 9.17) is 4.74 Å². The van der Waals surface area contributed by atoms with Crippen molar-refractivity contribution in [3.8, 4) is 0 Å². The summed E-state index contributed by atoms with van der Waals surface area (Å²) in [5, 5.41) is 6.97. The summed E-state index contributed by atoms with van der Waals surface area (Å²) >= 11 is 0. The SMILES string of the molecule is O=C(NN=CC1=C(N2CCOCC2)C(=Cc2ccccc2)CC1)Nc1ccccc1. The number of carbonyl (C=O) groups is 1. The van der Waals surface area contributed by atoms with E-state index >= 15 is 0 Å². The van der Waals surface area contributed by atoms with Gasteiger partial charge in [-0.15, -0.1) is 0 Å². The van der Waals surface area contributed by atoms with Crippen molar-refractivity contribution in [2.45, 2.75) is 12.8 Å². The Balaban J connectivity index is 1.50. The fraction of sp³-hybridized carbons (Fsp3) is 0.250. The first-order valence-electron chi connectivity index (χ1n) is 10.3. The topological polar surface area (TPSA) is 66.0 Å². The summed E-state index contributed by atoms with van der Waals surface area (Å²) in [6.07, 6.45) is 5.89. The Morgan fingerprint density at radius 3 is 2.40 bits per heavy atom. The zero-order valence-electron chi connectivity index (χ0n) is 16.9. The summed E-state index contributed by atoms with van der Waals surface area (Å²) in [4.78, 5) is 14.5. The van der Waals surface area contributed by atoms with Crippen LogP contribution in [0.5, 0.6) is 0 Å². The van der Waals surface area contributed by atoms with Gasteiger partial charge in [0.05, 0.1) is 19.4 Å². The van der Waals surface area contributed by atoms with Gasteiger partial charge in [0, 0.05) is 24.5 Å². The highest BCUT2D eigenvalue weighted by Gasteiger charge is 2.25. The first-order chi connectivity index (χ1) is 14.8. The molecule has 4 rings (SSSR count). The van der Waals surface area contributed by atoms with Crippen molar-refractivity contribution in [1.29, 1.82) is 0 Å². The lowest BCUT2D eigenvalue weighted by Crippen LogP contribution is -2.36. The monoisotopic (exact) mass is 402 g/mol. The van der Waals surface area contributed by atoms with Gasteiger partial charge in [-0.2, -0.15) is 5.10 Å². The van der Waals surface area contributed by atoms with Gasteiger partial charge in [-0.25, -0.2) is 10.2 Å². The number of hydrazone groups is 1. The van der Waals surface area contributed by atoms with Gasteiger partial charge < -0.3 is 15.0 Å². The number of anilines is 1. The standard InChI is InChI=1S/C24H26N4O2/c29-24(26-22-9-5-2-6-10-22)27-25-18-21-12-11-20(17-19-7-3-1-4-8-19)23(21)28-13-15-30-16-14-28/h1-10,17-18H,11-16H2,(H2,26,27,29). The second kappa shape index (κ2) is 9.89. The molecule has 0 radical (unpaired) electrons. The molecule has 0 unspecified atom stereocenters. The summed E-state index contributed by atoms with van der Waals surface area (Å²) < 4.78 is 5.53. The predicted molar refractivity (Wildman–Crippen MR) is 120 cm³/mol. The quantitative estimate of drug-likeness (QED) is 0.580. The zero-order chi connectivity index (χ0) is 20.6. The largest absolute Gasteiger partial charge is 0.378 e. The molecule has 6 nitrogen and oxygen atoms in total. The van der Waals surface area contributed by atoms with Crippen LogP contribution in [0.25, 0.3) is 6.08 Å². The fourth-order valence-electron chi connectivity index (χ4n) is 3.77. The van der Waals surface area contributed by atoms with Crippen molar-refractivity contribution in [2.75, 3.05) is 31.6 Å². The van der Waals surface area contributed by atoms with Gasteiger partial charge in [0.15, 0.2) is 0 Å². The molecule has 0 saturated carbocycles. The first kappa shape index (κ1) is 19.9. The smallest absolute Gasteiger partial charge is 0.339 e. The highest BCUT2D eigenvalue weighted by molar-refractivity contribution is 5.90. The van der Waals surface area contributed by atoms with E-state index in [0.717, 1.165) is 50.4 Å². The molecule has 6 heteroatoms. The number of rotatable bonds is 5. The van der Waals surface area contributed by atoms with Crippen molar-refractivity contribution >= 4 is 24.0 Å². The molecule has 2 aliphatic rings. The normalized spacial score (nSPS) is 18.3. The number of hydrogen-bond acceptors (Lipinski definition) is 4. The number of benzene rings is 2. The van der Waals surface area contributed by atoms with Crippen LogP contribution in [-0.4, -0.2) is 43.4 Å². The highest BCUT2D eigenvalue weighted by Crippen LogP contribution is 2.34. The summed E-state index contributed by atoms with van der Waals surface area (Å²) in [7, 11) is 0. The molecule has 2 aromatic rings. The van der Waals surface area contributed by atoms with E-state index in [1.807, 2.05) is 36.4 Å². The van der Waals surface area contributed by atoms with Crippen LogP contribution in [0.1, 0.15) is 18.4 Å². The average Bonchev–Trinajstić information content (AvgIpc) is 3.18. The van der Waals surface area contributed by atoms with Crippen LogP contribution in [0.3, 0.4) is 0 Å². The maximum absolute atomic E-state index is 12.1. The molecule has 1 saturated heterocycles. The molecule has 30 heavy (non-hydrogen) atoms. The number of allylic oxidation sites excluding steroid dienone is 2. The molecule has 1 aliphatic carbocycles. The zero-order valence-corrected chi connectivity index (χ0v) is 16.9. The Morgan fingerprint density at radius 1 is 0.967 bits per heavy atom. The molecule has 0 spiro atoms. The maximum Gasteiger partial charge on any atom is 0.339 e. The van der Waals surface area contributed by atoms with Crippen molar-refractivity contribution < 1.29 is 9.53 Å². The van der Waals surface area contributed by atoms with Gasteiger partial charge in [0.25, 0.3) is 0 Å². The minimum Gasteiger partial charge on any atom is -0.378 e. The van der Waals surface area contributed by atoms with Crippen LogP contribution in [-0.2, 0) is 4.74 Å². The number of ether oxygens (including phenoxy) is 1. The third-order valence-corrected chi connectivity index (χ3v) is 5.16. The number of nitrogens with zero attached hydrogens (tertiary/aromatic N) is 2. The lowest BCUT2D eigenvalue weighted by Gasteiger charge is -2.31. The number of amides is 2. The van der Waals surface area contributed by atoms with Gasteiger partial charge in [-0.3, -0.25) is 0 Å². The van der Waals surface area contributed by atoms with E-state index in [2.05, 4.69) is 51.1 Å². The number of para-hydroxylation sites is 1. The molecule has 1 heterocycles. The average molecular weight is 402 g/mol. The molecule has 2 aromatic carbocycles. The molecule has 1 aliphatic heterocycles. The maximum atomic E-state index is 12.1. The minimum absolute atomic E-state index is 0.357. The Bertz CT molecular complexity index is 946. The van der Waals surface area contributed by atoms with Gasteiger partial charge in [-0.1, -0.05) is 48.5 Å². The third kappa shape index (κ3) is 5.15. The van der Waals surface area contributed by atoms with Gasteiger partial charge in [-0.05, 0) is 47.8 Å². The predicted octanol–water partition coefficient (Wildman–Crippen LogP) is 4.26. The van der Waals surface area contributed by atoms with Crippen LogP contribution in [0.4, 0.5) is 10.5 Å². The van der Waals surface area contributed by atoms with Crippen LogP contribution < -0.4 is 10.7 Å². The van der Waals surface area contributed by atoms with Crippen LogP contribution >= 0.6 is 0 Å². The molecular weight excluding hydrogens is 376 g/mol. The summed E-state index contributed by atoms with van der Waals surface area (Å²) in [6.45, 7) is 3.18. The van der Waals surface area contributed by atoms with Gasteiger partial charge in [0.2, 0.25) is 0 Å². The Morgan fingerprint density at radius 2 is 1.67 bits per heavy atom. The van der Waals surface area contributed by atoms with Crippen LogP contribution in [0, 0.1) is 0 Å². The lowest BCUT2D eigenvalue weighted by molar-refractivity contribution is 0.0548. The molecule has 0 aromatic heterocycles. The molecule has 1 fully saturated rings. The van der Waals surface area contributed by atoms with E-state index in [9.17, 15) is 4.79 Å². The molecular formula is C24H26N4O2. The summed E-state index contributed by atoms with van der Waals surface area (Å²) in [5.41, 5.74) is 8.15. The van der Waals surface area contributed by atoms with Crippen LogP contribution in [0.2, 0.25) is 0 Å². The minimum atomic E-state index is -0.357. The second-order valence-corrected chi connectivity index (χ2v) is 7.24. The molecule has 0 bridgehead atoms. The number of urea groups is 1. The van der Waals surface area contributed by atoms with Crippen molar-refractivity contribution in [1.82, 2.24) is 10.3 Å². The summed E-state index contributed by atoms with van der Waals surface area (Å²) in [5.74, 6) is 0. The second-order valence-electron chi connectivity index (χ2n) is 7.24. The lowest BCUT2D eigenvalue weighted by atomic mass is 10.1. The Kier molecular flexibility index (Phi) is 6.57. The van der Waals surface area contributed by atoms with E-state index in [-0.39, 0.29) is 6.03 Å². The molecule has 154 valence electrons. The third-order valence-electron chi connectivity index (χ3n) is 5.16.